The highest BCUT2D eigenvalue weighted by molar-refractivity contribution is 6.34. The first kappa shape index (κ1) is 12.9. The summed E-state index contributed by atoms with van der Waals surface area (Å²) in [5, 5.41) is 10.1. The van der Waals surface area contributed by atoms with Crippen LogP contribution in [0.1, 0.15) is 5.56 Å². The van der Waals surface area contributed by atoms with Crippen molar-refractivity contribution < 1.29 is 9.84 Å². The van der Waals surface area contributed by atoms with Crippen LogP contribution in [-0.2, 0) is 0 Å². The van der Waals surface area contributed by atoms with Crippen molar-refractivity contribution in [3.05, 3.63) is 34.1 Å². The van der Waals surface area contributed by atoms with Crippen LogP contribution in [0.2, 0.25) is 10.3 Å². The van der Waals surface area contributed by atoms with Gasteiger partial charge >= 0.3 is 0 Å². The first-order valence-electron chi connectivity index (χ1n) is 5.10. The van der Waals surface area contributed by atoms with Crippen molar-refractivity contribution in [2.24, 2.45) is 0 Å². The molecule has 0 unspecified atom stereocenters. The molecule has 1 N–H and O–H groups in total. The smallest absolute Gasteiger partial charge is 0.162 e. The Labute approximate surface area is 114 Å². The largest absolute Gasteiger partial charge is 0.504 e. The number of hydrogen-bond donors (Lipinski definition) is 1. The van der Waals surface area contributed by atoms with Gasteiger partial charge in [-0.1, -0.05) is 23.2 Å². The van der Waals surface area contributed by atoms with Crippen LogP contribution in [0.5, 0.6) is 11.5 Å². The SMILES string of the molecule is COc1cc(-c2nc(Cl)c(C)c(Cl)n2)ccc1O. The zero-order valence-electron chi connectivity index (χ0n) is 9.74. The molecule has 4 nitrogen and oxygen atoms in total. The predicted octanol–water partition coefficient (Wildman–Crippen LogP) is 3.47. The number of hydrogen-bond acceptors (Lipinski definition) is 4. The Bertz CT molecular complexity index is 580. The van der Waals surface area contributed by atoms with Gasteiger partial charge in [-0.15, -0.1) is 0 Å². The van der Waals surface area contributed by atoms with Crippen molar-refractivity contribution >= 4 is 23.2 Å². The molecule has 18 heavy (non-hydrogen) atoms. The van der Waals surface area contributed by atoms with Crippen molar-refractivity contribution in [3.8, 4) is 22.9 Å². The van der Waals surface area contributed by atoms with Gasteiger partial charge in [-0.05, 0) is 25.1 Å². The first-order chi connectivity index (χ1) is 8.52. The minimum Gasteiger partial charge on any atom is -0.504 e. The lowest BCUT2D eigenvalue weighted by molar-refractivity contribution is 0.373. The zero-order chi connectivity index (χ0) is 13.3. The van der Waals surface area contributed by atoms with Crippen LogP contribution in [0.25, 0.3) is 11.4 Å². The Kier molecular flexibility index (Phi) is 3.59. The highest BCUT2D eigenvalue weighted by Crippen LogP contribution is 2.31. The van der Waals surface area contributed by atoms with E-state index in [1.807, 2.05) is 0 Å². The van der Waals surface area contributed by atoms with Crippen LogP contribution in [0.15, 0.2) is 18.2 Å². The molecular formula is C12H10Cl2N2O2. The van der Waals surface area contributed by atoms with Crippen molar-refractivity contribution in [2.45, 2.75) is 6.92 Å². The van der Waals surface area contributed by atoms with E-state index in [1.165, 1.54) is 13.2 Å². The number of phenols is 1. The summed E-state index contributed by atoms with van der Waals surface area (Å²) in [6.07, 6.45) is 0. The summed E-state index contributed by atoms with van der Waals surface area (Å²) in [6, 6.07) is 4.78. The lowest BCUT2D eigenvalue weighted by Crippen LogP contribution is -1.94. The summed E-state index contributed by atoms with van der Waals surface area (Å²) in [4.78, 5) is 8.28. The number of rotatable bonds is 2. The average molecular weight is 285 g/mol. The molecule has 0 aliphatic carbocycles. The van der Waals surface area contributed by atoms with Crippen LogP contribution in [0.3, 0.4) is 0 Å². The minimum absolute atomic E-state index is 0.0468. The maximum atomic E-state index is 9.52. The van der Waals surface area contributed by atoms with Crippen molar-refractivity contribution in [1.82, 2.24) is 9.97 Å². The Balaban J connectivity index is 2.55. The molecule has 0 aliphatic rings. The normalized spacial score (nSPS) is 10.4. The molecule has 2 aromatic rings. The number of halogens is 2. The molecule has 0 saturated heterocycles. The molecule has 1 aromatic carbocycles. The van der Waals surface area contributed by atoms with Crippen molar-refractivity contribution in [1.29, 1.82) is 0 Å². The van der Waals surface area contributed by atoms with Crippen LogP contribution < -0.4 is 4.74 Å². The minimum atomic E-state index is 0.0468. The van der Waals surface area contributed by atoms with E-state index in [2.05, 4.69) is 9.97 Å². The van der Waals surface area contributed by atoms with Crippen LogP contribution in [0.4, 0.5) is 0 Å². The number of phenolic OH excluding ortho intramolecular Hbond substituents is 1. The third-order valence-electron chi connectivity index (χ3n) is 2.46. The molecular weight excluding hydrogens is 275 g/mol. The average Bonchev–Trinajstić information content (AvgIpc) is 2.36. The number of ether oxygens (including phenoxy) is 1. The highest BCUT2D eigenvalue weighted by atomic mass is 35.5. The molecule has 0 radical (unpaired) electrons. The van der Waals surface area contributed by atoms with Crippen molar-refractivity contribution in [3.63, 3.8) is 0 Å². The molecule has 0 saturated carbocycles. The van der Waals surface area contributed by atoms with E-state index < -0.39 is 0 Å². The lowest BCUT2D eigenvalue weighted by atomic mass is 10.2. The monoisotopic (exact) mass is 284 g/mol. The van der Waals surface area contributed by atoms with Gasteiger partial charge in [-0.25, -0.2) is 9.97 Å². The third kappa shape index (κ3) is 2.35. The maximum Gasteiger partial charge on any atom is 0.162 e. The second-order valence-corrected chi connectivity index (χ2v) is 4.36. The fraction of sp³-hybridized carbons (Fsp3) is 0.167. The quantitative estimate of drug-likeness (QED) is 0.858. The Morgan fingerprint density at radius 3 is 2.33 bits per heavy atom. The van der Waals surface area contributed by atoms with Gasteiger partial charge in [0.1, 0.15) is 10.3 Å². The predicted molar refractivity (Wildman–Crippen MR) is 70.4 cm³/mol. The standard InChI is InChI=1S/C12H10Cl2N2O2/c1-6-10(13)15-12(16-11(6)14)7-3-4-8(17)9(5-7)18-2/h3-5,17H,1-2H3. The summed E-state index contributed by atoms with van der Waals surface area (Å²) < 4.78 is 5.02. The molecule has 0 aliphatic heterocycles. The van der Waals surface area contributed by atoms with E-state index in [0.717, 1.165) is 0 Å². The first-order valence-corrected chi connectivity index (χ1v) is 5.85. The van der Waals surface area contributed by atoms with Gasteiger partial charge in [-0.3, -0.25) is 0 Å². The summed E-state index contributed by atoms with van der Waals surface area (Å²) in [6.45, 7) is 1.74. The van der Waals surface area contributed by atoms with Gasteiger partial charge in [0.15, 0.2) is 17.3 Å². The molecule has 0 atom stereocenters. The number of aromatic hydroxyl groups is 1. The van der Waals surface area contributed by atoms with Gasteiger partial charge < -0.3 is 9.84 Å². The summed E-state index contributed by atoms with van der Waals surface area (Å²) in [5.74, 6) is 0.767. The van der Waals surface area contributed by atoms with E-state index in [0.29, 0.717) is 33.0 Å². The van der Waals surface area contributed by atoms with E-state index in [1.54, 1.807) is 19.1 Å². The van der Waals surface area contributed by atoms with E-state index in [4.69, 9.17) is 27.9 Å². The number of aromatic nitrogens is 2. The molecule has 6 heteroatoms. The van der Waals surface area contributed by atoms with Gasteiger partial charge in [0.2, 0.25) is 0 Å². The third-order valence-corrected chi connectivity index (χ3v) is 3.20. The molecule has 94 valence electrons. The van der Waals surface area contributed by atoms with Crippen LogP contribution in [-0.4, -0.2) is 22.2 Å². The van der Waals surface area contributed by atoms with Crippen LogP contribution >= 0.6 is 23.2 Å². The summed E-state index contributed by atoms with van der Waals surface area (Å²) >= 11 is 11.9. The molecule has 0 spiro atoms. The second-order valence-electron chi connectivity index (χ2n) is 3.64. The number of nitrogens with zero attached hydrogens (tertiary/aromatic N) is 2. The molecule has 2 rings (SSSR count). The molecule has 0 amide bonds. The van der Waals surface area contributed by atoms with Crippen LogP contribution in [0, 0.1) is 6.92 Å². The van der Waals surface area contributed by atoms with Gasteiger partial charge in [-0.2, -0.15) is 0 Å². The number of benzene rings is 1. The topological polar surface area (TPSA) is 55.2 Å². The zero-order valence-corrected chi connectivity index (χ0v) is 11.2. The summed E-state index contributed by atoms with van der Waals surface area (Å²) in [5.41, 5.74) is 1.29. The van der Waals surface area contributed by atoms with Gasteiger partial charge in [0.05, 0.1) is 7.11 Å². The van der Waals surface area contributed by atoms with E-state index in [-0.39, 0.29) is 5.75 Å². The molecule has 0 fully saturated rings. The summed E-state index contributed by atoms with van der Waals surface area (Å²) in [7, 11) is 1.47. The Hall–Kier alpha value is -1.52. The second kappa shape index (κ2) is 5.00. The fourth-order valence-electron chi connectivity index (χ4n) is 1.41. The Morgan fingerprint density at radius 1 is 1.17 bits per heavy atom. The maximum absolute atomic E-state index is 9.52. The fourth-order valence-corrected chi connectivity index (χ4v) is 1.80. The molecule has 1 heterocycles. The van der Waals surface area contributed by atoms with E-state index >= 15 is 0 Å². The van der Waals surface area contributed by atoms with Gasteiger partial charge in [0, 0.05) is 11.1 Å². The van der Waals surface area contributed by atoms with Gasteiger partial charge in [0.25, 0.3) is 0 Å². The molecule has 1 aromatic heterocycles. The van der Waals surface area contributed by atoms with Crippen molar-refractivity contribution in [2.75, 3.05) is 7.11 Å². The Morgan fingerprint density at radius 2 is 1.78 bits per heavy atom. The highest BCUT2D eigenvalue weighted by Gasteiger charge is 2.11. The lowest BCUT2D eigenvalue weighted by Gasteiger charge is -2.07. The van der Waals surface area contributed by atoms with E-state index in [9.17, 15) is 5.11 Å². The molecule has 0 bridgehead atoms. The number of methoxy groups -OCH3 is 1.